The Morgan fingerprint density at radius 3 is 1.72 bits per heavy atom. The smallest absolute Gasteiger partial charge is 0.243 e. The average Bonchev–Trinajstić information content (AvgIpc) is 2.78. The highest BCUT2D eigenvalue weighted by atomic mass is 32.2. The van der Waals surface area contributed by atoms with E-state index in [0.29, 0.717) is 57.1 Å². The summed E-state index contributed by atoms with van der Waals surface area (Å²) in [5.41, 5.74) is -0.162. The molecule has 0 atom stereocenters. The van der Waals surface area contributed by atoms with Gasteiger partial charge in [0.15, 0.2) is 0 Å². The predicted molar refractivity (Wildman–Crippen MR) is 120 cm³/mol. The van der Waals surface area contributed by atoms with Crippen LogP contribution < -0.4 is 9.47 Å². The number of methoxy groups -OCH3 is 1. The quantitative estimate of drug-likeness (QED) is 0.605. The molecule has 2 aliphatic rings. The van der Waals surface area contributed by atoms with Gasteiger partial charge in [-0.1, -0.05) is 0 Å². The number of rotatable bonds is 7. The van der Waals surface area contributed by atoms with E-state index in [2.05, 4.69) is 0 Å². The van der Waals surface area contributed by atoms with E-state index in [-0.39, 0.29) is 15.2 Å². The van der Waals surface area contributed by atoms with Crippen LogP contribution in [0.4, 0.5) is 0 Å². The Kier molecular flexibility index (Phi) is 6.23. The Morgan fingerprint density at radius 2 is 1.25 bits per heavy atom. The van der Waals surface area contributed by atoms with E-state index in [4.69, 9.17) is 9.47 Å². The van der Waals surface area contributed by atoms with Crippen LogP contribution in [0.15, 0.2) is 58.3 Å². The summed E-state index contributed by atoms with van der Waals surface area (Å²) in [7, 11) is -5.61. The van der Waals surface area contributed by atoms with Crippen LogP contribution in [0.5, 0.6) is 11.5 Å². The minimum Gasteiger partial charge on any atom is -0.497 e. The molecule has 0 aromatic heterocycles. The number of hydrogen-bond acceptors (Lipinski definition) is 6. The molecule has 174 valence electrons. The maximum Gasteiger partial charge on any atom is 0.243 e. The fraction of sp³-hybridized carbons (Fsp3) is 0.455. The molecule has 10 heteroatoms. The zero-order valence-electron chi connectivity index (χ0n) is 18.2. The highest BCUT2D eigenvalue weighted by Crippen LogP contribution is 2.43. The van der Waals surface area contributed by atoms with Crippen LogP contribution in [0.2, 0.25) is 0 Å². The number of piperidine rings is 1. The van der Waals surface area contributed by atoms with Crippen molar-refractivity contribution in [2.75, 3.05) is 39.9 Å². The van der Waals surface area contributed by atoms with Gasteiger partial charge in [0.2, 0.25) is 20.0 Å². The molecule has 0 saturated carbocycles. The first-order valence-electron chi connectivity index (χ1n) is 10.6. The van der Waals surface area contributed by atoms with Gasteiger partial charge in [0.25, 0.3) is 0 Å². The topological polar surface area (TPSA) is 93.2 Å². The maximum atomic E-state index is 13.0. The summed E-state index contributed by atoms with van der Waals surface area (Å²) in [6.45, 7) is 3.98. The van der Waals surface area contributed by atoms with Crippen molar-refractivity contribution in [3.8, 4) is 11.5 Å². The first-order chi connectivity index (χ1) is 15.2. The summed E-state index contributed by atoms with van der Waals surface area (Å²) >= 11 is 0. The lowest BCUT2D eigenvalue weighted by molar-refractivity contribution is 0.0197. The van der Waals surface area contributed by atoms with Crippen LogP contribution in [-0.2, 0) is 20.0 Å². The summed E-state index contributed by atoms with van der Waals surface area (Å²) in [5, 5.41) is 0. The van der Waals surface area contributed by atoms with Crippen LogP contribution in [0.3, 0.4) is 0 Å². The molecule has 2 aromatic carbocycles. The van der Waals surface area contributed by atoms with E-state index in [1.807, 2.05) is 6.92 Å². The summed E-state index contributed by atoms with van der Waals surface area (Å²) < 4.78 is 65.2. The Hall–Kier alpha value is -2.14. The summed E-state index contributed by atoms with van der Waals surface area (Å²) in [4.78, 5) is 0.484. The van der Waals surface area contributed by atoms with Crippen LogP contribution >= 0.6 is 0 Å². The van der Waals surface area contributed by atoms with Crippen molar-refractivity contribution in [3.63, 3.8) is 0 Å². The molecular formula is C22H28N2O6S2. The van der Waals surface area contributed by atoms with E-state index in [0.717, 1.165) is 0 Å². The molecule has 4 rings (SSSR count). The van der Waals surface area contributed by atoms with Crippen LogP contribution in [0.25, 0.3) is 0 Å². The van der Waals surface area contributed by atoms with Gasteiger partial charge in [0.05, 0.1) is 23.5 Å². The molecule has 2 aliphatic heterocycles. The van der Waals surface area contributed by atoms with Crippen molar-refractivity contribution >= 4 is 20.0 Å². The lowest BCUT2D eigenvalue weighted by Gasteiger charge is -2.52. The van der Waals surface area contributed by atoms with E-state index in [1.165, 1.54) is 15.7 Å². The number of hydrogen-bond donors (Lipinski definition) is 0. The minimum atomic E-state index is -3.58. The molecule has 0 bridgehead atoms. The predicted octanol–water partition coefficient (Wildman–Crippen LogP) is 2.57. The number of nitrogens with zero attached hydrogens (tertiary/aromatic N) is 2. The number of ether oxygens (including phenoxy) is 2. The largest absolute Gasteiger partial charge is 0.497 e. The molecule has 2 fully saturated rings. The van der Waals surface area contributed by atoms with Crippen LogP contribution in [-0.4, -0.2) is 65.3 Å². The van der Waals surface area contributed by atoms with Crippen molar-refractivity contribution in [3.05, 3.63) is 48.5 Å². The van der Waals surface area contributed by atoms with E-state index < -0.39 is 20.0 Å². The fourth-order valence-corrected chi connectivity index (χ4v) is 7.42. The van der Waals surface area contributed by atoms with E-state index in [9.17, 15) is 16.8 Å². The molecule has 1 spiro atoms. The molecule has 2 heterocycles. The van der Waals surface area contributed by atoms with Gasteiger partial charge in [0.1, 0.15) is 11.5 Å². The number of sulfonamides is 2. The fourth-order valence-electron chi connectivity index (χ4n) is 4.31. The first kappa shape index (κ1) is 23.0. The van der Waals surface area contributed by atoms with Crippen molar-refractivity contribution in [2.24, 2.45) is 5.41 Å². The van der Waals surface area contributed by atoms with Crippen molar-refractivity contribution < 1.29 is 26.3 Å². The third kappa shape index (κ3) is 4.24. The van der Waals surface area contributed by atoms with Crippen LogP contribution in [0, 0.1) is 5.41 Å². The highest BCUT2D eigenvalue weighted by molar-refractivity contribution is 7.89. The van der Waals surface area contributed by atoms with Gasteiger partial charge < -0.3 is 9.47 Å². The van der Waals surface area contributed by atoms with Gasteiger partial charge in [-0.25, -0.2) is 16.8 Å². The second kappa shape index (κ2) is 8.66. The van der Waals surface area contributed by atoms with Gasteiger partial charge in [-0.05, 0) is 68.3 Å². The molecule has 2 saturated heterocycles. The molecule has 0 amide bonds. The average molecular weight is 481 g/mol. The molecular weight excluding hydrogens is 452 g/mol. The molecule has 2 aromatic rings. The van der Waals surface area contributed by atoms with E-state index >= 15 is 0 Å². The first-order valence-corrected chi connectivity index (χ1v) is 13.5. The molecule has 8 nitrogen and oxygen atoms in total. The molecule has 0 N–H and O–H groups in total. The van der Waals surface area contributed by atoms with Crippen molar-refractivity contribution in [1.29, 1.82) is 0 Å². The molecule has 0 radical (unpaired) electrons. The summed E-state index contributed by atoms with van der Waals surface area (Å²) in [6, 6.07) is 12.8. The molecule has 32 heavy (non-hydrogen) atoms. The normalized spacial score (nSPS) is 19.4. The Bertz CT molecular complexity index is 1150. The monoisotopic (exact) mass is 480 g/mol. The van der Waals surface area contributed by atoms with Gasteiger partial charge in [-0.2, -0.15) is 8.61 Å². The van der Waals surface area contributed by atoms with Crippen molar-refractivity contribution in [2.45, 2.75) is 29.6 Å². The SMILES string of the molecule is CCOc1ccc(S(=O)(=O)N2CC3(CCN(S(=O)(=O)c4ccc(OC)cc4)CC3)C2)cc1. The zero-order chi connectivity index (χ0) is 23.0. The van der Waals surface area contributed by atoms with Crippen molar-refractivity contribution in [1.82, 2.24) is 8.61 Å². The summed E-state index contributed by atoms with van der Waals surface area (Å²) in [6.07, 6.45) is 1.27. The second-order valence-corrected chi connectivity index (χ2v) is 12.1. The van der Waals surface area contributed by atoms with Gasteiger partial charge in [0, 0.05) is 31.6 Å². The van der Waals surface area contributed by atoms with Gasteiger partial charge >= 0.3 is 0 Å². The Balaban J connectivity index is 1.37. The third-order valence-corrected chi connectivity index (χ3v) is 10.00. The lowest BCUT2D eigenvalue weighted by Crippen LogP contribution is -2.62. The zero-order valence-corrected chi connectivity index (χ0v) is 19.9. The summed E-state index contributed by atoms with van der Waals surface area (Å²) in [5.74, 6) is 1.24. The minimum absolute atomic E-state index is 0.162. The maximum absolute atomic E-state index is 13.0. The van der Waals surface area contributed by atoms with E-state index in [1.54, 1.807) is 48.5 Å². The molecule has 0 aliphatic carbocycles. The van der Waals surface area contributed by atoms with Gasteiger partial charge in [-0.15, -0.1) is 0 Å². The third-order valence-electron chi connectivity index (χ3n) is 6.28. The Morgan fingerprint density at radius 1 is 0.781 bits per heavy atom. The second-order valence-electron chi connectivity index (χ2n) is 8.26. The standard InChI is InChI=1S/C22H28N2O6S2/c1-3-30-19-6-10-21(11-7-19)32(27,28)24-16-22(17-24)12-14-23(15-13-22)31(25,26)20-8-4-18(29-2)5-9-20/h4-11H,3,12-17H2,1-2H3. The highest BCUT2D eigenvalue weighted by Gasteiger charge is 2.50. The van der Waals surface area contributed by atoms with Crippen LogP contribution in [0.1, 0.15) is 19.8 Å². The van der Waals surface area contributed by atoms with Gasteiger partial charge in [-0.3, -0.25) is 0 Å². The number of benzene rings is 2. The lowest BCUT2D eigenvalue weighted by atomic mass is 9.74. The Labute approximate surface area is 189 Å². The molecule has 0 unspecified atom stereocenters.